The first-order valence-corrected chi connectivity index (χ1v) is 4.94. The number of nitro benzene ring substituents is 1. The van der Waals surface area contributed by atoms with Crippen molar-refractivity contribution in [2.45, 2.75) is 0 Å². The first-order valence-electron chi connectivity index (χ1n) is 4.19. The summed E-state index contributed by atoms with van der Waals surface area (Å²) in [7, 11) is 3.30. The Labute approximate surface area is 102 Å². The van der Waals surface area contributed by atoms with Gasteiger partial charge >= 0.3 is 5.69 Å². The van der Waals surface area contributed by atoms with E-state index in [0.717, 1.165) is 0 Å². The van der Waals surface area contributed by atoms with Gasteiger partial charge in [-0.2, -0.15) is 0 Å². The topological polar surface area (TPSA) is 63.5 Å². The fourth-order valence-electron chi connectivity index (χ4n) is 1.30. The van der Waals surface area contributed by atoms with Gasteiger partial charge in [-0.15, -0.1) is 0 Å². The summed E-state index contributed by atoms with van der Waals surface area (Å²) in [4.78, 5) is 22.3. The maximum absolute atomic E-state index is 10.8. The van der Waals surface area contributed by atoms with Crippen LogP contribution in [0.25, 0.3) is 0 Å². The number of anilines is 1. The highest BCUT2D eigenvalue weighted by molar-refractivity contribution is 6.41. The van der Waals surface area contributed by atoms with Crippen LogP contribution in [-0.4, -0.2) is 25.3 Å². The Hall–Kier alpha value is -1.33. The number of aldehydes is 1. The Balaban J connectivity index is 3.64. The van der Waals surface area contributed by atoms with E-state index in [2.05, 4.69) is 0 Å². The minimum Gasteiger partial charge on any atom is -0.375 e. The summed E-state index contributed by atoms with van der Waals surface area (Å²) in [6.45, 7) is 0. The zero-order valence-corrected chi connectivity index (χ0v) is 10.0. The molecule has 0 fully saturated rings. The third-order valence-corrected chi connectivity index (χ3v) is 2.60. The predicted molar refractivity (Wildman–Crippen MR) is 62.8 cm³/mol. The van der Waals surface area contributed by atoms with E-state index in [4.69, 9.17) is 23.2 Å². The van der Waals surface area contributed by atoms with E-state index in [1.807, 2.05) is 0 Å². The zero-order valence-electron chi connectivity index (χ0n) is 8.53. The monoisotopic (exact) mass is 262 g/mol. The molecule has 0 amide bonds. The van der Waals surface area contributed by atoms with Crippen molar-refractivity contribution in [3.05, 3.63) is 31.8 Å². The van der Waals surface area contributed by atoms with Crippen LogP contribution in [0, 0.1) is 10.1 Å². The average Bonchev–Trinajstić information content (AvgIpc) is 2.14. The van der Waals surface area contributed by atoms with Crippen LogP contribution >= 0.6 is 23.2 Å². The lowest BCUT2D eigenvalue weighted by atomic mass is 10.1. The number of hydrogen-bond acceptors (Lipinski definition) is 4. The Morgan fingerprint density at radius 1 is 1.44 bits per heavy atom. The molecule has 0 atom stereocenters. The molecule has 0 N–H and O–H groups in total. The van der Waals surface area contributed by atoms with Crippen LogP contribution in [0.2, 0.25) is 10.0 Å². The fourth-order valence-corrected chi connectivity index (χ4v) is 2.18. The molecule has 7 heteroatoms. The van der Waals surface area contributed by atoms with Gasteiger partial charge in [0.15, 0.2) is 6.29 Å². The maximum atomic E-state index is 10.8. The summed E-state index contributed by atoms with van der Waals surface area (Å²) in [5.41, 5.74) is -0.240. The molecule has 0 aliphatic heterocycles. The smallest absolute Gasteiger partial charge is 0.300 e. The van der Waals surface area contributed by atoms with Gasteiger partial charge in [-0.3, -0.25) is 14.9 Å². The van der Waals surface area contributed by atoms with E-state index in [-0.39, 0.29) is 15.6 Å². The average molecular weight is 263 g/mol. The third kappa shape index (κ3) is 2.10. The van der Waals surface area contributed by atoms with Gasteiger partial charge in [0, 0.05) is 14.1 Å². The molecule has 0 unspecified atom stereocenters. The molecule has 0 heterocycles. The molecule has 1 aromatic carbocycles. The number of rotatable bonds is 3. The van der Waals surface area contributed by atoms with Crippen molar-refractivity contribution in [2.24, 2.45) is 0 Å². The second kappa shape index (κ2) is 4.67. The van der Waals surface area contributed by atoms with Gasteiger partial charge < -0.3 is 4.90 Å². The van der Waals surface area contributed by atoms with Gasteiger partial charge in [0.1, 0.15) is 5.02 Å². The lowest BCUT2D eigenvalue weighted by Gasteiger charge is -2.16. The van der Waals surface area contributed by atoms with E-state index in [0.29, 0.717) is 12.0 Å². The summed E-state index contributed by atoms with van der Waals surface area (Å²) >= 11 is 11.7. The molecule has 0 aromatic heterocycles. The molecular formula is C9H8Cl2N2O3. The van der Waals surface area contributed by atoms with Crippen molar-refractivity contribution in [3.8, 4) is 0 Å². The Bertz CT molecular complexity index is 461. The molecule has 0 aliphatic carbocycles. The molecule has 0 saturated heterocycles. The van der Waals surface area contributed by atoms with Crippen LogP contribution in [0.3, 0.4) is 0 Å². The van der Waals surface area contributed by atoms with Crippen LogP contribution in [0.15, 0.2) is 6.07 Å². The molecule has 1 rings (SSSR count). The molecule has 0 saturated carbocycles. The second-order valence-electron chi connectivity index (χ2n) is 3.23. The Morgan fingerprint density at radius 3 is 2.38 bits per heavy atom. The lowest BCUT2D eigenvalue weighted by molar-refractivity contribution is -0.384. The molecule has 1 aromatic rings. The van der Waals surface area contributed by atoms with Crippen molar-refractivity contribution >= 4 is 40.9 Å². The number of carbonyl (C=O) groups excluding carboxylic acids is 1. The Kier molecular flexibility index (Phi) is 3.72. The van der Waals surface area contributed by atoms with E-state index in [1.165, 1.54) is 6.07 Å². The lowest BCUT2D eigenvalue weighted by Crippen LogP contribution is -2.11. The highest BCUT2D eigenvalue weighted by Gasteiger charge is 2.25. The number of carbonyl (C=O) groups is 1. The molecule has 0 aliphatic rings. The van der Waals surface area contributed by atoms with Crippen molar-refractivity contribution < 1.29 is 9.72 Å². The van der Waals surface area contributed by atoms with Crippen LogP contribution in [0.4, 0.5) is 11.4 Å². The third-order valence-electron chi connectivity index (χ3n) is 1.95. The first-order chi connectivity index (χ1) is 7.40. The highest BCUT2D eigenvalue weighted by atomic mass is 35.5. The van der Waals surface area contributed by atoms with Crippen molar-refractivity contribution in [1.82, 2.24) is 0 Å². The van der Waals surface area contributed by atoms with E-state index < -0.39 is 10.6 Å². The standard InChI is InChI=1S/C9H8Cl2N2O3/c1-12(2)9-6(10)3-5(4-14)8(7(9)11)13(15)16/h3-4H,1-2H3. The molecule has 16 heavy (non-hydrogen) atoms. The van der Waals surface area contributed by atoms with Gasteiger partial charge in [-0.05, 0) is 6.07 Å². The fraction of sp³-hybridized carbons (Fsp3) is 0.222. The van der Waals surface area contributed by atoms with E-state index >= 15 is 0 Å². The van der Waals surface area contributed by atoms with E-state index in [1.54, 1.807) is 19.0 Å². The highest BCUT2D eigenvalue weighted by Crippen LogP contribution is 2.41. The predicted octanol–water partition coefficient (Wildman–Crippen LogP) is 2.78. The summed E-state index contributed by atoms with van der Waals surface area (Å²) < 4.78 is 0. The first kappa shape index (κ1) is 12.7. The van der Waals surface area contributed by atoms with Crippen LogP contribution in [0.1, 0.15) is 10.4 Å². The number of nitrogens with zero attached hydrogens (tertiary/aromatic N) is 2. The van der Waals surface area contributed by atoms with Crippen LogP contribution < -0.4 is 4.90 Å². The molecule has 86 valence electrons. The van der Waals surface area contributed by atoms with Gasteiger partial charge in [0.2, 0.25) is 0 Å². The van der Waals surface area contributed by atoms with Gasteiger partial charge in [-0.1, -0.05) is 23.2 Å². The Morgan fingerprint density at radius 2 is 2.00 bits per heavy atom. The summed E-state index contributed by atoms with van der Waals surface area (Å²) in [5.74, 6) is 0. The van der Waals surface area contributed by atoms with Gasteiger partial charge in [0.05, 0.1) is 21.2 Å². The SMILES string of the molecule is CN(C)c1c(Cl)cc(C=O)c([N+](=O)[O-])c1Cl. The van der Waals surface area contributed by atoms with Gasteiger partial charge in [-0.25, -0.2) is 0 Å². The van der Waals surface area contributed by atoms with E-state index in [9.17, 15) is 14.9 Å². The summed E-state index contributed by atoms with van der Waals surface area (Å²) in [6.07, 6.45) is 0.356. The largest absolute Gasteiger partial charge is 0.375 e. The molecule has 0 radical (unpaired) electrons. The van der Waals surface area contributed by atoms with Crippen LogP contribution in [0.5, 0.6) is 0 Å². The van der Waals surface area contributed by atoms with Crippen molar-refractivity contribution in [2.75, 3.05) is 19.0 Å². The number of hydrogen-bond donors (Lipinski definition) is 0. The maximum Gasteiger partial charge on any atom is 0.300 e. The van der Waals surface area contributed by atoms with Gasteiger partial charge in [0.25, 0.3) is 0 Å². The molecule has 5 nitrogen and oxygen atoms in total. The molecule has 0 spiro atoms. The zero-order chi connectivity index (χ0) is 12.5. The number of halogens is 2. The molecule has 0 bridgehead atoms. The number of benzene rings is 1. The van der Waals surface area contributed by atoms with Crippen molar-refractivity contribution in [3.63, 3.8) is 0 Å². The number of nitro groups is 1. The molecular weight excluding hydrogens is 255 g/mol. The summed E-state index contributed by atoms with van der Waals surface area (Å²) in [6, 6.07) is 1.23. The second-order valence-corrected chi connectivity index (χ2v) is 4.01. The van der Waals surface area contributed by atoms with Crippen molar-refractivity contribution in [1.29, 1.82) is 0 Å². The minimum atomic E-state index is -0.699. The summed E-state index contributed by atoms with van der Waals surface area (Å²) in [5, 5.41) is 10.9. The normalized spacial score (nSPS) is 10.0. The minimum absolute atomic E-state index is 0.134. The van der Waals surface area contributed by atoms with Crippen LogP contribution in [-0.2, 0) is 0 Å². The quantitative estimate of drug-likeness (QED) is 0.478.